The molecule has 0 spiro atoms. The van der Waals surface area contributed by atoms with Crippen LogP contribution in [0.1, 0.15) is 16.8 Å². The molecule has 1 aromatic rings. The molecule has 1 aromatic carbocycles. The monoisotopic (exact) mass is 287 g/mol. The molecule has 5 heteroatoms. The number of hydrogen-bond donors (Lipinski definition) is 2. The van der Waals surface area contributed by atoms with E-state index in [0.717, 1.165) is 11.9 Å². The van der Waals surface area contributed by atoms with Crippen LogP contribution in [-0.2, 0) is 0 Å². The lowest BCUT2D eigenvalue weighted by molar-refractivity contribution is 0.112. The van der Waals surface area contributed by atoms with Gasteiger partial charge in [0.1, 0.15) is 12.1 Å². The number of nitrogens with zero attached hydrogens (tertiary/aromatic N) is 1. The number of halogens is 1. The van der Waals surface area contributed by atoms with Crippen molar-refractivity contribution in [2.75, 3.05) is 11.9 Å². The van der Waals surface area contributed by atoms with Gasteiger partial charge in [0, 0.05) is 12.1 Å². The molecule has 0 fully saturated rings. The maximum atomic E-state index is 12.9. The summed E-state index contributed by atoms with van der Waals surface area (Å²) in [4.78, 5) is 14.8. The number of carbonyl (C=O) groups excluding carboxylic acids is 1. The van der Waals surface area contributed by atoms with Crippen molar-refractivity contribution >= 4 is 24.0 Å². The van der Waals surface area contributed by atoms with Crippen LogP contribution >= 0.6 is 0 Å². The van der Waals surface area contributed by atoms with E-state index < -0.39 is 5.83 Å². The van der Waals surface area contributed by atoms with E-state index in [1.54, 1.807) is 24.3 Å². The number of benzene rings is 1. The summed E-state index contributed by atoms with van der Waals surface area (Å²) in [5.41, 5.74) is 7.82. The second kappa shape index (κ2) is 8.47. The van der Waals surface area contributed by atoms with Crippen LogP contribution in [-0.4, -0.2) is 19.2 Å². The molecule has 0 bridgehead atoms. The molecule has 0 aromatic heterocycles. The van der Waals surface area contributed by atoms with Crippen molar-refractivity contribution in [1.29, 1.82) is 0 Å². The third kappa shape index (κ3) is 5.44. The summed E-state index contributed by atoms with van der Waals surface area (Å²) in [6, 6.07) is 4.98. The second-order valence-corrected chi connectivity index (χ2v) is 4.27. The fourth-order valence-electron chi connectivity index (χ4n) is 1.76. The van der Waals surface area contributed by atoms with Gasteiger partial charge in [-0.1, -0.05) is 12.7 Å². The van der Waals surface area contributed by atoms with Crippen LogP contribution in [0, 0.1) is 0 Å². The molecule has 1 rings (SSSR count). The Balaban J connectivity index is 2.96. The Hall–Kier alpha value is -2.69. The molecule has 0 radical (unpaired) electrons. The summed E-state index contributed by atoms with van der Waals surface area (Å²) in [7, 11) is 0. The van der Waals surface area contributed by atoms with Gasteiger partial charge in [0.15, 0.2) is 0 Å². The number of carbonyl (C=O) groups is 1. The van der Waals surface area contributed by atoms with Gasteiger partial charge in [0.25, 0.3) is 0 Å². The van der Waals surface area contributed by atoms with Crippen molar-refractivity contribution in [3.05, 3.63) is 60.5 Å². The lowest BCUT2D eigenvalue weighted by Gasteiger charge is -2.11. The highest BCUT2D eigenvalue weighted by Gasteiger charge is 2.04. The van der Waals surface area contributed by atoms with Gasteiger partial charge in [-0.3, -0.25) is 4.79 Å². The van der Waals surface area contributed by atoms with Crippen molar-refractivity contribution in [3.8, 4) is 0 Å². The van der Waals surface area contributed by atoms with Crippen LogP contribution in [0.25, 0.3) is 0 Å². The van der Waals surface area contributed by atoms with Gasteiger partial charge in [0.05, 0.1) is 17.7 Å². The number of allylic oxidation sites excluding steroid dienone is 3. The zero-order valence-corrected chi connectivity index (χ0v) is 11.7. The van der Waals surface area contributed by atoms with Crippen LogP contribution in [0.2, 0.25) is 0 Å². The molecule has 0 aliphatic heterocycles. The Morgan fingerprint density at radius 2 is 2.24 bits per heavy atom. The van der Waals surface area contributed by atoms with Crippen LogP contribution < -0.4 is 11.1 Å². The molecule has 0 amide bonds. The molecule has 0 unspecified atom stereocenters. The number of hydrogen-bond acceptors (Lipinski definition) is 3. The normalized spacial score (nSPS) is 11.4. The van der Waals surface area contributed by atoms with Crippen LogP contribution in [0.5, 0.6) is 0 Å². The first-order valence-electron chi connectivity index (χ1n) is 6.32. The maximum absolute atomic E-state index is 12.9. The minimum atomic E-state index is -0.518. The second-order valence-electron chi connectivity index (χ2n) is 4.27. The number of nitrogens with two attached hydrogens (primary N) is 1. The van der Waals surface area contributed by atoms with Crippen molar-refractivity contribution in [2.45, 2.75) is 6.42 Å². The molecule has 0 aliphatic rings. The molecule has 0 heterocycles. The van der Waals surface area contributed by atoms with Gasteiger partial charge >= 0.3 is 0 Å². The average molecular weight is 287 g/mol. The molecule has 3 N–H and O–H groups in total. The van der Waals surface area contributed by atoms with Gasteiger partial charge in [-0.05, 0) is 36.3 Å². The third-order valence-electron chi connectivity index (χ3n) is 2.64. The molecule has 110 valence electrons. The summed E-state index contributed by atoms with van der Waals surface area (Å²) < 4.78 is 12.9. The summed E-state index contributed by atoms with van der Waals surface area (Å²) in [5, 5.41) is 3.11. The van der Waals surface area contributed by atoms with Crippen LogP contribution in [0.4, 0.5) is 15.8 Å². The highest BCUT2D eigenvalue weighted by Crippen LogP contribution is 2.26. The summed E-state index contributed by atoms with van der Waals surface area (Å²) in [6.45, 7) is 7.22. The number of nitrogens with one attached hydrogen (secondary N) is 1. The van der Waals surface area contributed by atoms with Crippen molar-refractivity contribution in [3.63, 3.8) is 0 Å². The lowest BCUT2D eigenvalue weighted by Crippen LogP contribution is -2.05. The average Bonchev–Trinajstić information content (AvgIpc) is 2.46. The Bertz CT molecular complexity index is 591. The van der Waals surface area contributed by atoms with Gasteiger partial charge < -0.3 is 11.1 Å². The summed E-state index contributed by atoms with van der Waals surface area (Å²) >= 11 is 0. The van der Waals surface area contributed by atoms with Crippen molar-refractivity contribution in [1.82, 2.24) is 0 Å². The summed E-state index contributed by atoms with van der Waals surface area (Å²) in [5.74, 6) is -0.518. The fourth-order valence-corrected chi connectivity index (χ4v) is 1.76. The quantitative estimate of drug-likeness (QED) is 0.253. The number of anilines is 1. The predicted octanol–water partition coefficient (Wildman–Crippen LogP) is 3.52. The van der Waals surface area contributed by atoms with Gasteiger partial charge in [-0.15, -0.1) is 6.58 Å². The molecule has 21 heavy (non-hydrogen) atoms. The molecule has 4 nitrogen and oxygen atoms in total. The van der Waals surface area contributed by atoms with E-state index in [0.29, 0.717) is 29.9 Å². The van der Waals surface area contributed by atoms with E-state index in [1.807, 2.05) is 0 Å². The van der Waals surface area contributed by atoms with E-state index in [9.17, 15) is 9.18 Å². The molecule has 0 saturated carbocycles. The van der Waals surface area contributed by atoms with Gasteiger partial charge in [-0.25, -0.2) is 9.38 Å². The first-order chi connectivity index (χ1) is 10.1. The molecular weight excluding hydrogens is 269 g/mol. The lowest BCUT2D eigenvalue weighted by atomic mass is 10.1. The topological polar surface area (TPSA) is 67.5 Å². The standard InChI is InChI=1S/C16H18FN3O/c1-3-4-13(7-12(2)17)9-19-16-8-14(10-21)5-6-15(16)20-11-18/h3,5-8,10-11,19H,1-2,4,9H2,(H2,18,20). The zero-order valence-electron chi connectivity index (χ0n) is 11.7. The molecule has 0 atom stereocenters. The van der Waals surface area contributed by atoms with E-state index >= 15 is 0 Å². The van der Waals surface area contributed by atoms with Crippen LogP contribution in [0.15, 0.2) is 59.9 Å². The maximum Gasteiger partial charge on any atom is 0.150 e. The smallest absolute Gasteiger partial charge is 0.150 e. The number of aldehydes is 1. The van der Waals surface area contributed by atoms with E-state index in [2.05, 4.69) is 23.5 Å². The minimum absolute atomic E-state index is 0.379. The molecule has 0 saturated heterocycles. The molecule has 0 aliphatic carbocycles. The largest absolute Gasteiger partial charge is 0.390 e. The Morgan fingerprint density at radius 1 is 1.48 bits per heavy atom. The first-order valence-corrected chi connectivity index (χ1v) is 6.32. The molecular formula is C16H18FN3O. The number of rotatable bonds is 8. The van der Waals surface area contributed by atoms with E-state index in [4.69, 9.17) is 5.73 Å². The predicted molar refractivity (Wildman–Crippen MR) is 85.8 cm³/mol. The van der Waals surface area contributed by atoms with Crippen molar-refractivity contribution in [2.24, 2.45) is 10.7 Å². The van der Waals surface area contributed by atoms with Gasteiger partial charge in [0.2, 0.25) is 0 Å². The first kappa shape index (κ1) is 16.4. The third-order valence-corrected chi connectivity index (χ3v) is 2.64. The van der Waals surface area contributed by atoms with Crippen molar-refractivity contribution < 1.29 is 9.18 Å². The summed E-state index contributed by atoms with van der Waals surface area (Å²) in [6.07, 6.45) is 5.47. The Kier molecular flexibility index (Phi) is 6.60. The highest BCUT2D eigenvalue weighted by atomic mass is 19.1. The minimum Gasteiger partial charge on any atom is -0.390 e. The highest BCUT2D eigenvalue weighted by molar-refractivity contribution is 5.82. The number of aliphatic imine (C=N–C) groups is 1. The fraction of sp³-hybridized carbons (Fsp3) is 0.125. The zero-order chi connectivity index (χ0) is 15.7. The van der Waals surface area contributed by atoms with Crippen LogP contribution in [0.3, 0.4) is 0 Å². The Morgan fingerprint density at radius 3 is 2.81 bits per heavy atom. The SMILES string of the molecule is C=CCC(=CC(=C)F)CNc1cc(C=O)ccc1N=CN. The van der Waals surface area contributed by atoms with E-state index in [1.165, 1.54) is 12.4 Å². The Labute approximate surface area is 123 Å². The van der Waals surface area contributed by atoms with Gasteiger partial charge in [-0.2, -0.15) is 0 Å². The van der Waals surface area contributed by atoms with E-state index in [-0.39, 0.29) is 0 Å².